The number of rotatable bonds is 32. The Hall–Kier alpha value is -6.57. The number of hydrogen-bond donors (Lipinski definition) is 5. The molecule has 8 aromatic rings. The monoisotopic (exact) mass is 1840 g/mol. The normalized spacial score (nSPS) is 11.8. The summed E-state index contributed by atoms with van der Waals surface area (Å²) in [6, 6.07) is 33.4. The van der Waals surface area contributed by atoms with Crippen LogP contribution in [0.15, 0.2) is 170 Å². The molecule has 116 heavy (non-hydrogen) atoms. The van der Waals surface area contributed by atoms with Gasteiger partial charge in [0.1, 0.15) is 23.0 Å². The molecule has 3 radical (unpaired) electrons. The number of ketones is 2. The maximum atomic E-state index is 13.4. The van der Waals surface area contributed by atoms with Crippen LogP contribution in [0.5, 0.6) is 23.0 Å². The van der Waals surface area contributed by atoms with Crippen LogP contribution in [0, 0.1) is 46.5 Å². The summed E-state index contributed by atoms with van der Waals surface area (Å²) >= 11 is 15.1. The maximum Gasteiger partial charge on any atom is 1.00 e. The third kappa shape index (κ3) is 46.1. The smallest absolute Gasteiger partial charge is 1.00 e. The van der Waals surface area contributed by atoms with Crippen LogP contribution in [0.4, 0.5) is 87.8 Å². The molecule has 43 heteroatoms. The second kappa shape index (κ2) is 54.6. The molecule has 8 aromatic carbocycles. The van der Waals surface area contributed by atoms with Gasteiger partial charge in [0.05, 0.1) is 43.2 Å². The van der Waals surface area contributed by atoms with Gasteiger partial charge < -0.3 is 46.1 Å². The van der Waals surface area contributed by atoms with Gasteiger partial charge >= 0.3 is 55.0 Å². The van der Waals surface area contributed by atoms with E-state index in [1.807, 2.05) is 4.90 Å². The summed E-state index contributed by atoms with van der Waals surface area (Å²) < 4.78 is 273. The molecule has 0 aliphatic rings. The molecule has 15 nitrogen and oxygen atoms in total. The van der Waals surface area contributed by atoms with Crippen LogP contribution in [-0.2, 0) is 35.3 Å². The molecule has 8 rings (SSSR count). The Kier molecular flexibility index (Phi) is 50.6. The van der Waals surface area contributed by atoms with Crippen molar-refractivity contribution in [3.63, 3.8) is 0 Å². The first kappa shape index (κ1) is 107. The second-order valence-corrected chi connectivity index (χ2v) is 27.0. The summed E-state index contributed by atoms with van der Waals surface area (Å²) in [6.45, 7) is 2.14. The maximum absolute atomic E-state index is 13.4. The number of alkyl halides is 15. The van der Waals surface area contributed by atoms with E-state index in [4.69, 9.17) is 42.7 Å². The van der Waals surface area contributed by atoms with E-state index in [2.05, 4.69) is 61.6 Å². The number of halogens is 25. The van der Waals surface area contributed by atoms with E-state index < -0.39 is 110 Å². The molecule has 0 amide bonds. The first-order valence-electron chi connectivity index (χ1n) is 32.6. The van der Waals surface area contributed by atoms with Gasteiger partial charge in [-0.2, -0.15) is 0 Å². The molecule has 0 aliphatic carbocycles. The topological polar surface area (TPSA) is 191 Å². The zero-order valence-electron chi connectivity index (χ0n) is 61.3. The van der Waals surface area contributed by atoms with Gasteiger partial charge in [0.15, 0.2) is 58.1 Å². The van der Waals surface area contributed by atoms with Crippen molar-refractivity contribution in [2.24, 2.45) is 0 Å². The van der Waals surface area contributed by atoms with Crippen molar-refractivity contribution >= 4 is 89.7 Å². The summed E-state index contributed by atoms with van der Waals surface area (Å²) in [5, 5.41) is 39.6. The van der Waals surface area contributed by atoms with Crippen molar-refractivity contribution in [3.8, 4) is 23.0 Å². The number of hydrogen-bond acceptors (Lipinski definition) is 15. The summed E-state index contributed by atoms with van der Waals surface area (Å²) in [6.07, 6.45) is -19.5. The third-order valence-corrected chi connectivity index (χ3v) is 15.5. The molecular weight excluding hydrogens is 1780 g/mol. The van der Waals surface area contributed by atoms with Crippen molar-refractivity contribution in [1.82, 2.24) is 20.0 Å². The van der Waals surface area contributed by atoms with Gasteiger partial charge in [0, 0.05) is 106 Å². The van der Waals surface area contributed by atoms with Crippen molar-refractivity contribution < 1.29 is 172 Å². The van der Waals surface area contributed by atoms with Gasteiger partial charge in [-0.3, -0.25) is 24.3 Å². The van der Waals surface area contributed by atoms with Gasteiger partial charge in [-0.05, 0) is 168 Å². The van der Waals surface area contributed by atoms with E-state index >= 15 is 0 Å². The first-order chi connectivity index (χ1) is 53.4. The molecule has 0 saturated heterocycles. The summed E-state index contributed by atoms with van der Waals surface area (Å²) in [4.78, 5) is 28.4. The first-order valence-corrected chi connectivity index (χ1v) is 37.5. The number of benzene rings is 8. The molecule has 0 fully saturated rings. The van der Waals surface area contributed by atoms with E-state index in [1.165, 1.54) is 89.8 Å². The Bertz CT molecular complexity index is 4090. The number of ether oxygens (including phenoxy) is 4. The molecule has 0 aliphatic heterocycles. The number of nitrogens with one attached hydrogen (secondary N) is 1. The predicted molar refractivity (Wildman–Crippen MR) is 395 cm³/mol. The average molecular weight is 1850 g/mol. The van der Waals surface area contributed by atoms with E-state index in [0.29, 0.717) is 78.4 Å². The largest absolute Gasteiger partial charge is 1.00 e. The SMILES string of the molecule is Fc1ccc(CN(CCCl)CC(Cl)c2ccc(OC(F)(F)F)cc2)cc1F.O=C(CBr)c1ccc(OC(F)(F)F)cc1.O=C(CN(CCO)Cc1ccc(F)c(F)c1)c1ccc(OC(F)(F)F)cc1.O=S(Cl)Cl.OCCN(Cc1ccc(F)c(F)c1)CC(O)c1ccc(OC(F)(F)F)cc1.OCCNCCc1ccc(F)c(F)c1.[B].[H-].[Na+]. The Labute approximate surface area is 707 Å². The minimum absolute atomic E-state index is 0. The van der Waals surface area contributed by atoms with E-state index in [1.54, 1.807) is 11.0 Å². The average Bonchev–Trinajstić information content (AvgIpc) is 0.946. The minimum Gasteiger partial charge on any atom is -1.00 e. The molecule has 2 atom stereocenters. The molecule has 0 aromatic heterocycles. The second-order valence-electron chi connectivity index (χ2n) is 23.1. The summed E-state index contributed by atoms with van der Waals surface area (Å²) in [7, 11) is 7.36. The number of carbonyl (C=O) groups is 2. The van der Waals surface area contributed by atoms with E-state index in [9.17, 15) is 103 Å². The fourth-order valence-electron chi connectivity index (χ4n) is 9.42. The van der Waals surface area contributed by atoms with Gasteiger partial charge in [0.25, 0.3) is 0 Å². The van der Waals surface area contributed by atoms with E-state index in [-0.39, 0.29) is 127 Å². The molecule has 2 unspecified atom stereocenters. The van der Waals surface area contributed by atoms with Crippen LogP contribution in [0.1, 0.15) is 67.0 Å². The number of carbonyl (C=O) groups excluding carboxylic acids is 2. The van der Waals surface area contributed by atoms with Crippen LogP contribution >= 0.6 is 60.5 Å². The Morgan fingerprint density at radius 2 is 0.759 bits per heavy atom. The molecule has 0 heterocycles. The number of aliphatic hydroxyl groups excluding tert-OH is 4. The summed E-state index contributed by atoms with van der Waals surface area (Å²) in [5.41, 5.74) is 3.58. The van der Waals surface area contributed by atoms with Crippen LogP contribution < -0.4 is 53.8 Å². The van der Waals surface area contributed by atoms with Crippen molar-refractivity contribution in [2.75, 3.05) is 83.4 Å². The fraction of sp³-hybridized carbons (Fsp3) is 0.315. The molecule has 0 spiro atoms. The number of Topliss-reactive ketones (excluding diaryl/α,β-unsaturated/α-hetero) is 2. The van der Waals surface area contributed by atoms with Crippen LogP contribution in [0.2, 0.25) is 0 Å². The summed E-state index contributed by atoms with van der Waals surface area (Å²) in [5.74, 6) is -9.37. The standard InChI is InChI=1S/C18H16Cl2F5NO.C18H18F5NO3.C18H16F5NO3.C10H13F2NO.C9H6BrF3O2.B.Cl2OS.Na.H/c19-7-8-26(10-12-1-6-16(21)17(22)9-12)11-15(20)13-2-4-14(5-3-13)27-18(23,24)25;2*19-15-6-1-12(9-16(15)20)10-24(7-8-25)11-17(26)13-2-4-14(5-3-13)27-18(21,22)23;11-9-2-1-8(7-10(9)12)3-4-13-5-6-14;10-5-8(14)6-1-3-7(4-2-6)15-9(11,12)13;;1-4(2)3;;/h1-6,9,15H,7-8,10-11H2;1-6,9,17,25-26H,7-8,10-11H2;1-6,9,25H,7-8,10-11H2;1-2,7,13-14H,3-6H2;1-4H,5H2;;;;/q;;;;;;;+1;-1. The van der Waals surface area contributed by atoms with Crippen LogP contribution in [0.25, 0.3) is 0 Å². The van der Waals surface area contributed by atoms with Gasteiger partial charge in [-0.1, -0.05) is 64.5 Å². The number of nitrogens with zero attached hydrogens (tertiary/aromatic N) is 3. The van der Waals surface area contributed by atoms with Gasteiger partial charge in [-0.15, -0.1) is 75.9 Å². The van der Waals surface area contributed by atoms with Crippen molar-refractivity contribution in [2.45, 2.75) is 63.0 Å². The van der Waals surface area contributed by atoms with Crippen LogP contribution in [-0.4, -0.2) is 168 Å². The quantitative estimate of drug-likeness (QED) is 0.00668. The van der Waals surface area contributed by atoms with Crippen molar-refractivity contribution in [3.05, 3.63) is 261 Å². The Morgan fingerprint density at radius 3 is 1.09 bits per heavy atom. The van der Waals surface area contributed by atoms with Crippen LogP contribution in [0.3, 0.4) is 0 Å². The molecule has 633 valence electrons. The molecular formula is C73H70BBrCl4F20N4NaO11S. The third-order valence-electron chi connectivity index (χ3n) is 14.4. The zero-order chi connectivity index (χ0) is 85.5. The molecule has 0 bridgehead atoms. The Morgan fingerprint density at radius 1 is 0.448 bits per heavy atom. The molecule has 5 N–H and O–H groups in total. The fourth-order valence-corrected chi connectivity index (χ4v) is 10.3. The zero-order valence-corrected chi connectivity index (χ0v) is 67.7. The van der Waals surface area contributed by atoms with Gasteiger partial charge in [0.2, 0.25) is 9.23 Å². The number of aliphatic hydroxyl groups is 4. The Balaban J connectivity index is 0.00000144. The predicted octanol–water partition coefficient (Wildman–Crippen LogP) is 14.8. The van der Waals surface area contributed by atoms with Crippen molar-refractivity contribution in [1.29, 1.82) is 0 Å². The van der Waals surface area contributed by atoms with E-state index in [0.717, 1.165) is 84.4 Å². The molecule has 0 saturated carbocycles. The minimum atomic E-state index is -4.83. The van der Waals surface area contributed by atoms with Gasteiger partial charge in [-0.25, -0.2) is 39.3 Å².